The summed E-state index contributed by atoms with van der Waals surface area (Å²) in [7, 11) is 1.66. The second kappa shape index (κ2) is 17.8. The van der Waals surface area contributed by atoms with E-state index in [2.05, 4.69) is 41.8 Å². The van der Waals surface area contributed by atoms with Gasteiger partial charge in [0, 0.05) is 57.2 Å². The first-order valence-electron chi connectivity index (χ1n) is 17.2. The van der Waals surface area contributed by atoms with E-state index in [4.69, 9.17) is 28.8 Å². The van der Waals surface area contributed by atoms with Gasteiger partial charge < -0.3 is 29.0 Å². The van der Waals surface area contributed by atoms with Gasteiger partial charge in [0.25, 0.3) is 5.88 Å². The fourth-order valence-electron chi connectivity index (χ4n) is 6.29. The van der Waals surface area contributed by atoms with Crippen molar-refractivity contribution in [1.82, 2.24) is 44.9 Å². The van der Waals surface area contributed by atoms with E-state index >= 15 is 0 Å². The zero-order valence-electron chi connectivity index (χ0n) is 28.7. The molecule has 1 unspecified atom stereocenters. The summed E-state index contributed by atoms with van der Waals surface area (Å²) in [5.41, 5.74) is 2.73. The molecule has 266 valence electrons. The number of rotatable bonds is 17. The average molecular weight is 688 g/mol. The van der Waals surface area contributed by atoms with E-state index in [-0.39, 0.29) is 12.1 Å². The molecule has 6 rings (SSSR count). The molecule has 50 heavy (non-hydrogen) atoms. The number of anilines is 2. The van der Waals surface area contributed by atoms with Gasteiger partial charge in [0.1, 0.15) is 29.9 Å². The van der Waals surface area contributed by atoms with Gasteiger partial charge in [0.15, 0.2) is 0 Å². The summed E-state index contributed by atoms with van der Waals surface area (Å²) in [5.74, 6) is 1.39. The molecule has 0 bridgehead atoms. The second-order valence-electron chi connectivity index (χ2n) is 12.4. The van der Waals surface area contributed by atoms with E-state index in [1.807, 2.05) is 29.9 Å². The molecule has 2 aliphatic rings. The first kappa shape index (κ1) is 35.1. The van der Waals surface area contributed by atoms with Crippen LogP contribution in [-0.4, -0.2) is 117 Å². The third-order valence-electron chi connectivity index (χ3n) is 8.90. The number of morpholine rings is 1. The summed E-state index contributed by atoms with van der Waals surface area (Å²) >= 11 is 0. The lowest BCUT2D eigenvalue weighted by molar-refractivity contribution is 0.00502. The Balaban J connectivity index is 1.12. The fraction of sp³-hybridized carbons (Fsp3) is 0.559. The number of hydrogen-bond donors (Lipinski definition) is 1. The molecule has 2 fully saturated rings. The van der Waals surface area contributed by atoms with Gasteiger partial charge in [-0.1, -0.05) is 6.07 Å². The van der Waals surface area contributed by atoms with Crippen molar-refractivity contribution >= 4 is 11.6 Å². The Labute approximate surface area is 291 Å². The summed E-state index contributed by atoms with van der Waals surface area (Å²) in [6, 6.07) is 8.49. The maximum Gasteiger partial charge on any atom is 0.256 e. The molecule has 4 heterocycles. The first-order valence-corrected chi connectivity index (χ1v) is 17.2. The summed E-state index contributed by atoms with van der Waals surface area (Å²) in [5, 5.41) is 29.1. The van der Waals surface area contributed by atoms with Crippen LogP contribution in [0.1, 0.15) is 50.6 Å². The molecule has 0 amide bonds. The molecule has 1 aliphatic heterocycles. The Morgan fingerprint density at radius 2 is 1.82 bits per heavy atom. The number of tetrazole rings is 1. The Morgan fingerprint density at radius 1 is 1.02 bits per heavy atom. The van der Waals surface area contributed by atoms with E-state index in [1.165, 1.54) is 6.33 Å². The Bertz CT molecular complexity index is 1650. The van der Waals surface area contributed by atoms with Gasteiger partial charge >= 0.3 is 0 Å². The molecule has 3 aromatic heterocycles. The zero-order valence-corrected chi connectivity index (χ0v) is 28.7. The Morgan fingerprint density at radius 3 is 2.56 bits per heavy atom. The van der Waals surface area contributed by atoms with Crippen molar-refractivity contribution in [3.05, 3.63) is 48.7 Å². The number of benzene rings is 1. The van der Waals surface area contributed by atoms with Gasteiger partial charge in [-0.15, -0.1) is 10.2 Å². The smallest absolute Gasteiger partial charge is 0.256 e. The normalized spacial score (nSPS) is 18.7. The Kier molecular flexibility index (Phi) is 12.5. The lowest BCUT2D eigenvalue weighted by atomic mass is 9.90. The van der Waals surface area contributed by atoms with Crippen molar-refractivity contribution in [2.75, 3.05) is 65.2 Å². The summed E-state index contributed by atoms with van der Waals surface area (Å²) in [4.78, 5) is 11.8. The predicted octanol–water partition coefficient (Wildman–Crippen LogP) is 3.66. The molecule has 1 saturated heterocycles. The van der Waals surface area contributed by atoms with E-state index in [0.717, 1.165) is 69.5 Å². The van der Waals surface area contributed by atoms with Crippen LogP contribution in [0.15, 0.2) is 43.1 Å². The molecule has 1 aromatic carbocycles. The lowest BCUT2D eigenvalue weighted by Crippen LogP contribution is -2.45. The van der Waals surface area contributed by atoms with E-state index < -0.39 is 0 Å². The van der Waals surface area contributed by atoms with E-state index in [1.54, 1.807) is 30.3 Å². The quantitative estimate of drug-likeness (QED) is 0.159. The number of nitriles is 1. The monoisotopic (exact) mass is 687 g/mol. The predicted molar refractivity (Wildman–Crippen MR) is 182 cm³/mol. The highest BCUT2D eigenvalue weighted by Crippen LogP contribution is 2.35. The topological polar surface area (TPSA) is 172 Å². The summed E-state index contributed by atoms with van der Waals surface area (Å²) in [6.45, 7) is 8.15. The molecule has 1 atom stereocenters. The maximum absolute atomic E-state index is 9.68. The van der Waals surface area contributed by atoms with Crippen LogP contribution >= 0.6 is 0 Å². The van der Waals surface area contributed by atoms with Gasteiger partial charge in [0.05, 0.1) is 57.4 Å². The highest BCUT2D eigenvalue weighted by atomic mass is 16.5. The minimum atomic E-state index is -0.274. The number of aromatic nitrogens is 8. The second-order valence-corrected chi connectivity index (χ2v) is 12.4. The largest absolute Gasteiger partial charge is 0.487 e. The van der Waals surface area contributed by atoms with Crippen LogP contribution in [0.5, 0.6) is 11.6 Å². The summed E-state index contributed by atoms with van der Waals surface area (Å²) < 4.78 is 32.1. The van der Waals surface area contributed by atoms with Crippen molar-refractivity contribution in [3.63, 3.8) is 0 Å². The minimum Gasteiger partial charge on any atom is -0.487 e. The zero-order chi connectivity index (χ0) is 34.5. The molecular weight excluding hydrogens is 642 g/mol. The number of nitrogens with zero attached hydrogens (tertiary/aromatic N) is 10. The van der Waals surface area contributed by atoms with Gasteiger partial charge in [-0.3, -0.25) is 9.58 Å². The van der Waals surface area contributed by atoms with Crippen LogP contribution in [0.25, 0.3) is 11.1 Å². The minimum absolute atomic E-state index is 0.274. The molecule has 1 aliphatic carbocycles. The van der Waals surface area contributed by atoms with Crippen molar-refractivity contribution < 1.29 is 23.7 Å². The number of hydrogen-bond acceptors (Lipinski definition) is 14. The van der Waals surface area contributed by atoms with Crippen LogP contribution in [0, 0.1) is 11.3 Å². The molecule has 1 N–H and O–H groups in total. The van der Waals surface area contributed by atoms with Crippen LogP contribution < -0.4 is 14.8 Å². The number of nitrogens with one attached hydrogen (secondary N) is 1. The SMILES string of the molecule is COCCOCCCOc1nn(C2CCC(N3CCOCC3)CC2)cc1Nc1ncc(-c2ccc(C#N)c(OC(C)Cn3cnnn3)c2)cn1. The molecule has 16 heteroatoms. The third-order valence-corrected chi connectivity index (χ3v) is 8.90. The molecule has 0 radical (unpaired) electrons. The van der Waals surface area contributed by atoms with Gasteiger partial charge in [-0.05, 0) is 60.7 Å². The van der Waals surface area contributed by atoms with Gasteiger partial charge in [-0.25, -0.2) is 14.6 Å². The van der Waals surface area contributed by atoms with Crippen LogP contribution in [0.2, 0.25) is 0 Å². The van der Waals surface area contributed by atoms with Crippen molar-refractivity contribution in [3.8, 4) is 28.8 Å². The van der Waals surface area contributed by atoms with Crippen LogP contribution in [0.4, 0.5) is 11.6 Å². The molecular formula is C34H45N11O5. The van der Waals surface area contributed by atoms with Crippen LogP contribution in [-0.2, 0) is 20.8 Å². The average Bonchev–Trinajstić information content (AvgIpc) is 3.82. The standard InChI is InChI=1S/C34H45N11O5/c1-25(22-44-24-38-41-42-44)50-32-18-26(4-5-27(32)19-35)28-20-36-34(37-21-28)39-31-23-45(40-33(31)49-13-3-12-47-17-16-46-2)30-8-6-29(7-9-30)43-10-14-48-15-11-43/h4-5,18,20-21,23-25,29-30H,3,6-17,22H2,1-2H3,(H,36,37,39). The Hall–Kier alpha value is -4.69. The molecule has 16 nitrogen and oxygen atoms in total. The van der Waals surface area contributed by atoms with Gasteiger partial charge in [0.2, 0.25) is 5.95 Å². The van der Waals surface area contributed by atoms with Crippen molar-refractivity contribution in [2.45, 2.75) is 63.8 Å². The molecule has 0 spiro atoms. The maximum atomic E-state index is 9.68. The van der Waals surface area contributed by atoms with Gasteiger partial charge in [-0.2, -0.15) is 5.26 Å². The fourth-order valence-corrected chi connectivity index (χ4v) is 6.29. The number of methoxy groups -OCH3 is 1. The summed E-state index contributed by atoms with van der Waals surface area (Å²) in [6.07, 6.45) is 11.8. The van der Waals surface area contributed by atoms with Crippen molar-refractivity contribution in [1.29, 1.82) is 5.26 Å². The first-order chi connectivity index (χ1) is 24.6. The molecule has 1 saturated carbocycles. The lowest BCUT2D eigenvalue weighted by Gasteiger charge is -2.38. The number of ether oxygens (including phenoxy) is 5. The van der Waals surface area contributed by atoms with Crippen LogP contribution in [0.3, 0.4) is 0 Å². The highest BCUT2D eigenvalue weighted by Gasteiger charge is 2.29. The third kappa shape index (κ3) is 9.51. The molecule has 4 aromatic rings. The van der Waals surface area contributed by atoms with Crippen molar-refractivity contribution in [2.24, 2.45) is 0 Å². The van der Waals surface area contributed by atoms with E-state index in [9.17, 15) is 5.26 Å². The highest BCUT2D eigenvalue weighted by molar-refractivity contribution is 5.67. The van der Waals surface area contributed by atoms with E-state index in [0.29, 0.717) is 67.8 Å².